The second kappa shape index (κ2) is 10.7. The average molecular weight is 568 g/mol. The molecular formula is C30H29N7O5. The molecule has 42 heavy (non-hydrogen) atoms. The molecular weight excluding hydrogens is 538 g/mol. The highest BCUT2D eigenvalue weighted by Crippen LogP contribution is 2.25. The zero-order chi connectivity index (χ0) is 29.5. The first kappa shape index (κ1) is 27.0. The molecule has 1 saturated heterocycles. The van der Waals surface area contributed by atoms with Crippen molar-refractivity contribution in [2.24, 2.45) is 12.8 Å². The van der Waals surface area contributed by atoms with Gasteiger partial charge in [-0.2, -0.15) is 4.98 Å². The van der Waals surface area contributed by atoms with Crippen molar-refractivity contribution in [3.8, 4) is 17.5 Å². The van der Waals surface area contributed by atoms with E-state index in [0.29, 0.717) is 24.7 Å². The number of benzene rings is 2. The summed E-state index contributed by atoms with van der Waals surface area (Å²) in [5.41, 5.74) is 6.39. The molecule has 0 radical (unpaired) electrons. The number of piperidine rings is 1. The molecule has 0 bridgehead atoms. The monoisotopic (exact) mass is 567 g/mol. The van der Waals surface area contributed by atoms with Gasteiger partial charge in [0.25, 0.3) is 5.56 Å². The standard InChI is InChI=1S/C30H29N7O5/c1-3-4-16-35-25-26(32-28(35)34-15-9-10-19(31)17-34)37(20-11-6-5-7-12-20)29(40)36(27(25)39)18-22(38)21-13-8-14-23-24(21)33(2)30(41)42-23/h5-8,11-14,19H,9-10,15-18,31H2,1-2H3. The quantitative estimate of drug-likeness (QED) is 0.241. The van der Waals surface area contributed by atoms with Gasteiger partial charge in [-0.1, -0.05) is 30.2 Å². The third-order valence-electron chi connectivity index (χ3n) is 7.59. The van der Waals surface area contributed by atoms with Crippen LogP contribution >= 0.6 is 0 Å². The van der Waals surface area contributed by atoms with Crippen molar-refractivity contribution in [3.05, 3.63) is 85.5 Å². The summed E-state index contributed by atoms with van der Waals surface area (Å²) in [5.74, 6) is 5.23. The Bertz CT molecular complexity index is 2090. The Morgan fingerprint density at radius 3 is 2.60 bits per heavy atom. The van der Waals surface area contributed by atoms with Gasteiger partial charge in [0.15, 0.2) is 22.5 Å². The molecule has 12 heteroatoms. The van der Waals surface area contributed by atoms with Crippen LogP contribution in [0.25, 0.3) is 28.0 Å². The van der Waals surface area contributed by atoms with E-state index in [9.17, 15) is 19.2 Å². The van der Waals surface area contributed by atoms with Crippen molar-refractivity contribution < 1.29 is 9.21 Å². The lowest BCUT2D eigenvalue weighted by molar-refractivity contribution is 0.0970. The molecule has 1 atom stereocenters. The molecule has 0 aliphatic carbocycles. The van der Waals surface area contributed by atoms with Gasteiger partial charge >= 0.3 is 11.4 Å². The maximum Gasteiger partial charge on any atom is 0.419 e. The van der Waals surface area contributed by atoms with Crippen LogP contribution in [0, 0.1) is 11.8 Å². The lowest BCUT2D eigenvalue weighted by Crippen LogP contribution is -2.44. The van der Waals surface area contributed by atoms with Gasteiger partial charge in [-0.05, 0) is 44.0 Å². The number of Topliss-reactive ketones (excluding diaryl/α,β-unsaturated/α-hetero) is 1. The van der Waals surface area contributed by atoms with Gasteiger partial charge in [0.2, 0.25) is 5.95 Å². The Morgan fingerprint density at radius 1 is 1.07 bits per heavy atom. The number of anilines is 1. The Morgan fingerprint density at radius 2 is 1.86 bits per heavy atom. The van der Waals surface area contributed by atoms with Crippen molar-refractivity contribution in [2.45, 2.75) is 38.9 Å². The first-order valence-corrected chi connectivity index (χ1v) is 13.6. The molecule has 6 rings (SSSR count). The number of aromatic nitrogens is 5. The Labute approximate surface area is 239 Å². The summed E-state index contributed by atoms with van der Waals surface area (Å²) >= 11 is 0. The number of nitrogens with two attached hydrogens (primary N) is 1. The SMILES string of the molecule is CC#CCn1c(N2CCCC(N)C2)nc2c1c(=O)n(CC(=O)c1cccc3oc(=O)n(C)c13)c(=O)n2-c1ccccc1. The number of carbonyl (C=O) groups excluding carboxylic acids is 1. The maximum absolute atomic E-state index is 14.2. The molecule has 0 saturated carbocycles. The van der Waals surface area contributed by atoms with Gasteiger partial charge in [0, 0.05) is 31.7 Å². The van der Waals surface area contributed by atoms with E-state index in [0.717, 1.165) is 17.4 Å². The molecule has 1 unspecified atom stereocenters. The normalized spacial score (nSPS) is 15.2. The Hall–Kier alpha value is -5.15. The van der Waals surface area contributed by atoms with E-state index in [1.807, 2.05) is 11.0 Å². The van der Waals surface area contributed by atoms with E-state index in [-0.39, 0.29) is 40.4 Å². The summed E-state index contributed by atoms with van der Waals surface area (Å²) in [7, 11) is 1.49. The smallest absolute Gasteiger partial charge is 0.408 e. The topological polar surface area (TPSA) is 143 Å². The third-order valence-corrected chi connectivity index (χ3v) is 7.59. The second-order valence-corrected chi connectivity index (χ2v) is 10.3. The van der Waals surface area contributed by atoms with E-state index in [2.05, 4.69) is 11.8 Å². The highest BCUT2D eigenvalue weighted by Gasteiger charge is 2.28. The van der Waals surface area contributed by atoms with Crippen LogP contribution < -0.4 is 27.6 Å². The van der Waals surface area contributed by atoms with Crippen LogP contribution in [0.3, 0.4) is 0 Å². The average Bonchev–Trinajstić information content (AvgIpc) is 3.51. The third kappa shape index (κ3) is 4.44. The number of hydrogen-bond acceptors (Lipinski definition) is 8. The van der Waals surface area contributed by atoms with E-state index < -0.39 is 29.3 Å². The van der Waals surface area contributed by atoms with Crippen LogP contribution in [-0.2, 0) is 20.1 Å². The zero-order valence-electron chi connectivity index (χ0n) is 23.2. The minimum atomic E-state index is -0.714. The molecule has 2 aromatic carbocycles. The van der Waals surface area contributed by atoms with Gasteiger partial charge in [0.05, 0.1) is 18.8 Å². The van der Waals surface area contributed by atoms with E-state index >= 15 is 0 Å². The predicted octanol–water partition coefficient (Wildman–Crippen LogP) is 1.63. The molecule has 2 N–H and O–H groups in total. The molecule has 0 spiro atoms. The van der Waals surface area contributed by atoms with Gasteiger partial charge in [-0.15, -0.1) is 5.92 Å². The van der Waals surface area contributed by atoms with Crippen molar-refractivity contribution in [1.29, 1.82) is 0 Å². The number of nitrogens with zero attached hydrogens (tertiary/aromatic N) is 6. The van der Waals surface area contributed by atoms with Gasteiger partial charge in [-0.25, -0.2) is 14.2 Å². The summed E-state index contributed by atoms with van der Waals surface area (Å²) in [5, 5.41) is 0. The van der Waals surface area contributed by atoms with Gasteiger partial charge < -0.3 is 15.1 Å². The van der Waals surface area contributed by atoms with Crippen LogP contribution in [0.2, 0.25) is 0 Å². The number of hydrogen-bond donors (Lipinski definition) is 1. The molecule has 5 aromatic rings. The molecule has 3 aromatic heterocycles. The lowest BCUT2D eigenvalue weighted by Gasteiger charge is -2.31. The number of fused-ring (bicyclic) bond motifs is 2. The van der Waals surface area contributed by atoms with E-state index in [4.69, 9.17) is 15.1 Å². The highest BCUT2D eigenvalue weighted by molar-refractivity contribution is 6.05. The lowest BCUT2D eigenvalue weighted by atomic mass is 10.1. The van der Waals surface area contributed by atoms with Crippen LogP contribution in [0.4, 0.5) is 5.95 Å². The molecule has 4 heterocycles. The first-order valence-electron chi connectivity index (χ1n) is 13.6. The van der Waals surface area contributed by atoms with Crippen LogP contribution in [-0.4, -0.2) is 48.2 Å². The predicted molar refractivity (Wildman–Crippen MR) is 158 cm³/mol. The molecule has 12 nitrogen and oxygen atoms in total. The van der Waals surface area contributed by atoms with Gasteiger partial charge in [-0.3, -0.25) is 23.3 Å². The van der Waals surface area contributed by atoms with Crippen LogP contribution in [0.5, 0.6) is 0 Å². The number of ketones is 1. The summed E-state index contributed by atoms with van der Waals surface area (Å²) in [6.07, 6.45) is 1.74. The minimum absolute atomic E-state index is 0.0588. The van der Waals surface area contributed by atoms with Crippen molar-refractivity contribution >= 4 is 34.0 Å². The number of para-hydroxylation sites is 2. The zero-order valence-corrected chi connectivity index (χ0v) is 23.2. The van der Waals surface area contributed by atoms with Crippen molar-refractivity contribution in [2.75, 3.05) is 18.0 Å². The van der Waals surface area contributed by atoms with Crippen LogP contribution in [0.15, 0.2) is 67.3 Å². The Balaban J connectivity index is 1.61. The number of aryl methyl sites for hydroxylation is 1. The number of carbonyl (C=O) groups is 1. The summed E-state index contributed by atoms with van der Waals surface area (Å²) in [4.78, 5) is 60.9. The maximum atomic E-state index is 14.2. The second-order valence-electron chi connectivity index (χ2n) is 10.3. The fourth-order valence-electron chi connectivity index (χ4n) is 5.57. The number of imidazole rings is 1. The molecule has 214 valence electrons. The van der Waals surface area contributed by atoms with Crippen molar-refractivity contribution in [1.82, 2.24) is 23.3 Å². The van der Waals surface area contributed by atoms with E-state index in [1.165, 1.54) is 22.2 Å². The first-order chi connectivity index (χ1) is 20.3. The summed E-state index contributed by atoms with van der Waals surface area (Å²) < 4.78 is 10.4. The highest BCUT2D eigenvalue weighted by atomic mass is 16.4. The summed E-state index contributed by atoms with van der Waals surface area (Å²) in [6.45, 7) is 2.52. The fraction of sp³-hybridized carbons (Fsp3) is 0.300. The fourth-order valence-corrected chi connectivity index (χ4v) is 5.57. The molecule has 1 aliphatic rings. The van der Waals surface area contributed by atoms with E-state index in [1.54, 1.807) is 47.9 Å². The Kier molecular flexibility index (Phi) is 6.88. The largest absolute Gasteiger partial charge is 0.419 e. The molecule has 0 amide bonds. The molecule has 1 fully saturated rings. The summed E-state index contributed by atoms with van der Waals surface area (Å²) in [6, 6.07) is 13.5. The molecule has 1 aliphatic heterocycles. The van der Waals surface area contributed by atoms with Crippen molar-refractivity contribution in [3.63, 3.8) is 0 Å². The van der Waals surface area contributed by atoms with Crippen LogP contribution in [0.1, 0.15) is 30.1 Å². The number of oxazole rings is 1. The minimum Gasteiger partial charge on any atom is -0.408 e. The van der Waals surface area contributed by atoms with Gasteiger partial charge in [0.1, 0.15) is 5.52 Å². The number of rotatable bonds is 6.